The van der Waals surface area contributed by atoms with Crippen molar-refractivity contribution in [2.24, 2.45) is 17.8 Å². The van der Waals surface area contributed by atoms with Gasteiger partial charge >= 0.3 is 0 Å². The molecule has 0 aromatic carbocycles. The van der Waals surface area contributed by atoms with Gasteiger partial charge in [-0.05, 0) is 43.8 Å². The molecule has 0 spiro atoms. The molecule has 0 amide bonds. The van der Waals surface area contributed by atoms with Crippen molar-refractivity contribution in [1.82, 2.24) is 10.2 Å². The van der Waals surface area contributed by atoms with Crippen LogP contribution in [0.2, 0.25) is 0 Å². The lowest BCUT2D eigenvalue weighted by Gasteiger charge is -2.16. The Balaban J connectivity index is 1.46. The molecular formula is C11H20N2. The quantitative estimate of drug-likeness (QED) is 0.695. The fraction of sp³-hybridized carbons (Fsp3) is 1.00. The van der Waals surface area contributed by atoms with E-state index < -0.39 is 0 Å². The number of hydrogen-bond donors (Lipinski definition) is 1. The van der Waals surface area contributed by atoms with Crippen molar-refractivity contribution in [3.63, 3.8) is 0 Å². The van der Waals surface area contributed by atoms with Gasteiger partial charge in [-0.1, -0.05) is 12.8 Å². The van der Waals surface area contributed by atoms with Gasteiger partial charge in [0.2, 0.25) is 0 Å². The number of likely N-dealkylation sites (tertiary alicyclic amines) is 1. The van der Waals surface area contributed by atoms with Gasteiger partial charge in [-0.15, -0.1) is 0 Å². The molecule has 3 rings (SSSR count). The van der Waals surface area contributed by atoms with E-state index in [2.05, 4.69) is 10.2 Å². The van der Waals surface area contributed by atoms with Crippen LogP contribution in [-0.2, 0) is 0 Å². The molecule has 74 valence electrons. The number of fused-ring (bicyclic) bond motifs is 1. The van der Waals surface area contributed by atoms with E-state index in [1.54, 1.807) is 0 Å². The third-order valence-corrected chi connectivity index (χ3v) is 4.02. The molecule has 2 heterocycles. The summed E-state index contributed by atoms with van der Waals surface area (Å²) in [5.41, 5.74) is 0. The highest BCUT2D eigenvalue weighted by Gasteiger charge is 2.36. The third-order valence-electron chi connectivity index (χ3n) is 4.02. The maximum Gasteiger partial charge on any atom is 0.00255 e. The maximum absolute atomic E-state index is 3.50. The first-order chi connectivity index (χ1) is 6.42. The van der Waals surface area contributed by atoms with E-state index >= 15 is 0 Å². The molecule has 3 aliphatic rings. The summed E-state index contributed by atoms with van der Waals surface area (Å²) < 4.78 is 0. The minimum absolute atomic E-state index is 0.985. The molecule has 0 radical (unpaired) electrons. The Bertz CT molecular complexity index is 177. The smallest absolute Gasteiger partial charge is 0.00255 e. The summed E-state index contributed by atoms with van der Waals surface area (Å²) in [5.74, 6) is 3.08. The van der Waals surface area contributed by atoms with Crippen LogP contribution in [0.3, 0.4) is 0 Å². The highest BCUT2D eigenvalue weighted by Crippen LogP contribution is 2.34. The van der Waals surface area contributed by atoms with Crippen LogP contribution in [0.25, 0.3) is 0 Å². The summed E-state index contributed by atoms with van der Waals surface area (Å²) >= 11 is 0. The van der Waals surface area contributed by atoms with E-state index in [9.17, 15) is 0 Å². The molecule has 2 heteroatoms. The minimum atomic E-state index is 0.985. The van der Waals surface area contributed by atoms with Crippen LogP contribution in [0.4, 0.5) is 0 Å². The molecule has 13 heavy (non-hydrogen) atoms. The highest BCUT2D eigenvalue weighted by atomic mass is 15.2. The second-order valence-corrected chi connectivity index (χ2v) is 5.17. The summed E-state index contributed by atoms with van der Waals surface area (Å²) in [6, 6.07) is 0. The van der Waals surface area contributed by atoms with E-state index in [0.29, 0.717) is 0 Å². The van der Waals surface area contributed by atoms with Crippen molar-refractivity contribution in [2.45, 2.75) is 19.3 Å². The van der Waals surface area contributed by atoms with E-state index in [1.807, 2.05) is 0 Å². The molecule has 2 atom stereocenters. The van der Waals surface area contributed by atoms with Crippen molar-refractivity contribution in [3.8, 4) is 0 Å². The highest BCUT2D eigenvalue weighted by molar-refractivity contribution is 4.91. The van der Waals surface area contributed by atoms with Crippen molar-refractivity contribution in [2.75, 3.05) is 32.7 Å². The average Bonchev–Trinajstić information content (AvgIpc) is 2.71. The van der Waals surface area contributed by atoms with Crippen LogP contribution in [-0.4, -0.2) is 37.6 Å². The first-order valence-corrected chi connectivity index (χ1v) is 5.85. The van der Waals surface area contributed by atoms with Crippen LogP contribution >= 0.6 is 0 Å². The minimum Gasteiger partial charge on any atom is -0.316 e. The van der Waals surface area contributed by atoms with Gasteiger partial charge in [0.25, 0.3) is 0 Å². The van der Waals surface area contributed by atoms with Gasteiger partial charge in [-0.3, -0.25) is 0 Å². The zero-order valence-corrected chi connectivity index (χ0v) is 8.34. The van der Waals surface area contributed by atoms with Crippen LogP contribution < -0.4 is 5.32 Å². The summed E-state index contributed by atoms with van der Waals surface area (Å²) in [6.07, 6.45) is 4.51. The molecule has 0 aromatic heterocycles. The lowest BCUT2D eigenvalue weighted by atomic mass is 10.0. The standard InChI is InChI=1S/C11H20N2/c1-2-9(1)3-4-13-7-10-5-12-6-11(10)8-13/h9-12H,1-8H2/t10-,11+. The van der Waals surface area contributed by atoms with Gasteiger partial charge in [0, 0.05) is 13.1 Å². The van der Waals surface area contributed by atoms with Gasteiger partial charge in [0.1, 0.15) is 0 Å². The Hall–Kier alpha value is -0.0800. The van der Waals surface area contributed by atoms with Crippen LogP contribution in [0.1, 0.15) is 19.3 Å². The zero-order chi connectivity index (χ0) is 8.67. The summed E-state index contributed by atoms with van der Waals surface area (Å²) in [6.45, 7) is 6.71. The lowest BCUT2D eigenvalue weighted by molar-refractivity contribution is 0.303. The Morgan fingerprint density at radius 3 is 2.38 bits per heavy atom. The van der Waals surface area contributed by atoms with Gasteiger partial charge in [-0.25, -0.2) is 0 Å². The SMILES string of the molecule is C1CC1CCN1C[C@H]2CNC[C@H]2C1. The molecule has 1 N–H and O–H groups in total. The van der Waals surface area contributed by atoms with Crippen LogP contribution in [0.15, 0.2) is 0 Å². The Morgan fingerprint density at radius 2 is 1.77 bits per heavy atom. The van der Waals surface area contributed by atoms with Gasteiger partial charge in [0.15, 0.2) is 0 Å². The number of rotatable bonds is 3. The van der Waals surface area contributed by atoms with Gasteiger partial charge in [0.05, 0.1) is 0 Å². The molecule has 2 nitrogen and oxygen atoms in total. The molecular weight excluding hydrogens is 160 g/mol. The molecule has 0 bridgehead atoms. The Kier molecular flexibility index (Phi) is 2.06. The van der Waals surface area contributed by atoms with Crippen molar-refractivity contribution < 1.29 is 0 Å². The summed E-state index contributed by atoms with van der Waals surface area (Å²) in [5, 5.41) is 3.50. The van der Waals surface area contributed by atoms with E-state index in [-0.39, 0.29) is 0 Å². The fourth-order valence-electron chi connectivity index (χ4n) is 2.91. The van der Waals surface area contributed by atoms with Crippen LogP contribution in [0, 0.1) is 17.8 Å². The number of nitrogens with one attached hydrogen (secondary N) is 1. The molecule has 0 aromatic rings. The van der Waals surface area contributed by atoms with Crippen molar-refractivity contribution in [3.05, 3.63) is 0 Å². The summed E-state index contributed by atoms with van der Waals surface area (Å²) in [7, 11) is 0. The van der Waals surface area contributed by atoms with Gasteiger partial charge in [-0.2, -0.15) is 0 Å². The molecule has 2 aliphatic heterocycles. The van der Waals surface area contributed by atoms with E-state index in [0.717, 1.165) is 17.8 Å². The van der Waals surface area contributed by atoms with Crippen LogP contribution in [0.5, 0.6) is 0 Å². The predicted molar refractivity (Wildman–Crippen MR) is 53.6 cm³/mol. The zero-order valence-electron chi connectivity index (χ0n) is 8.34. The largest absolute Gasteiger partial charge is 0.316 e. The molecule has 2 saturated heterocycles. The van der Waals surface area contributed by atoms with Gasteiger partial charge < -0.3 is 10.2 Å². The first-order valence-electron chi connectivity index (χ1n) is 5.85. The molecule has 1 saturated carbocycles. The summed E-state index contributed by atoms with van der Waals surface area (Å²) in [4.78, 5) is 2.70. The first kappa shape index (κ1) is 8.25. The van der Waals surface area contributed by atoms with E-state index in [1.165, 1.54) is 52.0 Å². The second-order valence-electron chi connectivity index (χ2n) is 5.17. The molecule has 0 unspecified atom stereocenters. The Labute approximate surface area is 80.7 Å². The molecule has 3 fully saturated rings. The normalized spacial score (nSPS) is 39.7. The Morgan fingerprint density at radius 1 is 1.08 bits per heavy atom. The average molecular weight is 180 g/mol. The number of nitrogens with zero attached hydrogens (tertiary/aromatic N) is 1. The lowest BCUT2D eigenvalue weighted by Crippen LogP contribution is -2.26. The van der Waals surface area contributed by atoms with Crippen molar-refractivity contribution >= 4 is 0 Å². The van der Waals surface area contributed by atoms with Crippen molar-refractivity contribution in [1.29, 1.82) is 0 Å². The predicted octanol–water partition coefficient (Wildman–Crippen LogP) is 0.938. The molecule has 1 aliphatic carbocycles. The topological polar surface area (TPSA) is 15.3 Å². The second kappa shape index (κ2) is 3.25. The third kappa shape index (κ3) is 1.75. The monoisotopic (exact) mass is 180 g/mol. The number of hydrogen-bond acceptors (Lipinski definition) is 2. The van der Waals surface area contributed by atoms with E-state index in [4.69, 9.17) is 0 Å². The fourth-order valence-corrected chi connectivity index (χ4v) is 2.91. The maximum atomic E-state index is 3.50.